The highest BCUT2D eigenvalue weighted by atomic mass is 16.5. The first-order valence-corrected chi connectivity index (χ1v) is 4.16. The van der Waals surface area contributed by atoms with Gasteiger partial charge in [-0.3, -0.25) is 4.79 Å². The van der Waals surface area contributed by atoms with Crippen LogP contribution in [0.3, 0.4) is 0 Å². The van der Waals surface area contributed by atoms with Crippen LogP contribution < -0.4 is 0 Å². The van der Waals surface area contributed by atoms with Crippen LogP contribution in [0.4, 0.5) is 0 Å². The summed E-state index contributed by atoms with van der Waals surface area (Å²) >= 11 is 0. The molecule has 1 saturated carbocycles. The number of hydrogen-bond donors (Lipinski definition) is 0. The zero-order valence-corrected chi connectivity index (χ0v) is 7.52. The Morgan fingerprint density at radius 1 is 1.45 bits per heavy atom. The van der Waals surface area contributed by atoms with Gasteiger partial charge in [-0.05, 0) is 18.3 Å². The fourth-order valence-electron chi connectivity index (χ4n) is 0.725. The molecule has 0 bridgehead atoms. The van der Waals surface area contributed by atoms with E-state index in [1.807, 2.05) is 0 Å². The van der Waals surface area contributed by atoms with Crippen molar-refractivity contribution in [3.8, 4) is 0 Å². The van der Waals surface area contributed by atoms with Crippen LogP contribution in [0.2, 0.25) is 0 Å². The molecule has 2 heteroatoms. The Labute approximate surface area is 67.9 Å². The molecule has 0 aliphatic heterocycles. The third kappa shape index (κ3) is 3.40. The minimum Gasteiger partial charge on any atom is -0.465 e. The standard InChI is InChI=1S/C9H16O2/c1-9(2,3)6-11-8(10)7-4-5-7/h7H,4-6H2,1-3H3. The van der Waals surface area contributed by atoms with Crippen LogP contribution in [0.5, 0.6) is 0 Å². The highest BCUT2D eigenvalue weighted by Crippen LogP contribution is 2.30. The summed E-state index contributed by atoms with van der Waals surface area (Å²) in [6, 6.07) is 0. The molecule has 1 fully saturated rings. The van der Waals surface area contributed by atoms with Gasteiger partial charge >= 0.3 is 5.97 Å². The Hall–Kier alpha value is -0.530. The molecule has 11 heavy (non-hydrogen) atoms. The van der Waals surface area contributed by atoms with Gasteiger partial charge in [0.25, 0.3) is 0 Å². The van der Waals surface area contributed by atoms with E-state index in [-0.39, 0.29) is 17.3 Å². The van der Waals surface area contributed by atoms with Crippen LogP contribution in [0.1, 0.15) is 33.6 Å². The molecule has 0 aromatic heterocycles. The van der Waals surface area contributed by atoms with E-state index in [0.717, 1.165) is 12.8 Å². The maximum atomic E-state index is 11.0. The summed E-state index contributed by atoms with van der Waals surface area (Å²) in [7, 11) is 0. The Morgan fingerprint density at radius 3 is 2.36 bits per heavy atom. The zero-order valence-electron chi connectivity index (χ0n) is 7.52. The van der Waals surface area contributed by atoms with Crippen molar-refractivity contribution >= 4 is 5.97 Å². The van der Waals surface area contributed by atoms with Crippen molar-refractivity contribution < 1.29 is 9.53 Å². The SMILES string of the molecule is CC(C)(C)COC(=O)C1CC1. The molecule has 0 atom stereocenters. The average Bonchev–Trinajstić information content (AvgIpc) is 2.61. The summed E-state index contributed by atoms with van der Waals surface area (Å²) < 4.78 is 5.09. The molecule has 0 amide bonds. The van der Waals surface area contributed by atoms with Crippen molar-refractivity contribution in [2.75, 3.05) is 6.61 Å². The number of carbonyl (C=O) groups is 1. The molecular weight excluding hydrogens is 140 g/mol. The van der Waals surface area contributed by atoms with Crippen molar-refractivity contribution in [2.45, 2.75) is 33.6 Å². The zero-order chi connectivity index (χ0) is 8.48. The average molecular weight is 156 g/mol. The van der Waals surface area contributed by atoms with Gasteiger partial charge in [-0.25, -0.2) is 0 Å². The third-order valence-electron chi connectivity index (χ3n) is 1.56. The molecule has 1 aliphatic carbocycles. The van der Waals surface area contributed by atoms with Gasteiger partial charge in [0.1, 0.15) is 0 Å². The monoisotopic (exact) mass is 156 g/mol. The van der Waals surface area contributed by atoms with Crippen molar-refractivity contribution in [3.05, 3.63) is 0 Å². The minimum atomic E-state index is -0.0000694. The first kappa shape index (κ1) is 8.57. The van der Waals surface area contributed by atoms with Crippen LogP contribution in [-0.2, 0) is 9.53 Å². The van der Waals surface area contributed by atoms with Gasteiger partial charge in [0.05, 0.1) is 12.5 Å². The number of esters is 1. The van der Waals surface area contributed by atoms with Gasteiger partial charge in [-0.2, -0.15) is 0 Å². The largest absolute Gasteiger partial charge is 0.465 e. The van der Waals surface area contributed by atoms with Crippen molar-refractivity contribution in [2.24, 2.45) is 11.3 Å². The van der Waals surface area contributed by atoms with Gasteiger partial charge in [-0.15, -0.1) is 0 Å². The van der Waals surface area contributed by atoms with Gasteiger partial charge in [-0.1, -0.05) is 20.8 Å². The van der Waals surface area contributed by atoms with E-state index < -0.39 is 0 Å². The lowest BCUT2D eigenvalue weighted by molar-refractivity contribution is -0.147. The summed E-state index contributed by atoms with van der Waals surface area (Å²) in [6.45, 7) is 6.73. The van der Waals surface area contributed by atoms with Crippen LogP contribution in [0.15, 0.2) is 0 Å². The van der Waals surface area contributed by atoms with Crippen LogP contribution >= 0.6 is 0 Å². The third-order valence-corrected chi connectivity index (χ3v) is 1.56. The highest BCUT2D eigenvalue weighted by molar-refractivity contribution is 5.74. The molecular formula is C9H16O2. The van der Waals surface area contributed by atoms with Crippen LogP contribution in [-0.4, -0.2) is 12.6 Å². The van der Waals surface area contributed by atoms with Crippen LogP contribution in [0, 0.1) is 11.3 Å². The van der Waals surface area contributed by atoms with E-state index >= 15 is 0 Å². The van der Waals surface area contributed by atoms with E-state index in [2.05, 4.69) is 20.8 Å². The predicted molar refractivity (Wildman–Crippen MR) is 43.1 cm³/mol. The maximum absolute atomic E-state index is 11.0. The number of ether oxygens (including phenoxy) is 1. The molecule has 0 saturated heterocycles. The summed E-state index contributed by atoms with van der Waals surface area (Å²) in [4.78, 5) is 11.0. The topological polar surface area (TPSA) is 26.3 Å². The van der Waals surface area contributed by atoms with Crippen molar-refractivity contribution in [3.63, 3.8) is 0 Å². The Morgan fingerprint density at radius 2 is 2.00 bits per heavy atom. The second-order valence-electron chi connectivity index (χ2n) is 4.44. The fourth-order valence-corrected chi connectivity index (χ4v) is 0.725. The highest BCUT2D eigenvalue weighted by Gasteiger charge is 2.31. The molecule has 0 spiro atoms. The Kier molecular flexibility index (Phi) is 2.21. The molecule has 1 aliphatic rings. The number of rotatable bonds is 2. The van der Waals surface area contributed by atoms with Crippen molar-refractivity contribution in [1.82, 2.24) is 0 Å². The second kappa shape index (κ2) is 2.84. The first-order valence-electron chi connectivity index (χ1n) is 4.16. The first-order chi connectivity index (χ1) is 4.99. The lowest BCUT2D eigenvalue weighted by Gasteiger charge is -2.17. The molecule has 1 rings (SSSR count). The van der Waals surface area contributed by atoms with E-state index in [1.54, 1.807) is 0 Å². The summed E-state index contributed by atoms with van der Waals surface area (Å²) in [5.41, 5.74) is 0.102. The Balaban J connectivity index is 2.16. The maximum Gasteiger partial charge on any atom is 0.308 e. The quantitative estimate of drug-likeness (QED) is 0.571. The lowest BCUT2D eigenvalue weighted by atomic mass is 9.99. The molecule has 0 aromatic carbocycles. The predicted octanol–water partition coefficient (Wildman–Crippen LogP) is 1.99. The molecule has 0 unspecified atom stereocenters. The number of carbonyl (C=O) groups excluding carboxylic acids is 1. The van der Waals surface area contributed by atoms with Gasteiger partial charge < -0.3 is 4.74 Å². The second-order valence-corrected chi connectivity index (χ2v) is 4.44. The molecule has 0 radical (unpaired) electrons. The fraction of sp³-hybridized carbons (Fsp3) is 0.889. The molecule has 64 valence electrons. The van der Waals surface area contributed by atoms with E-state index in [1.165, 1.54) is 0 Å². The van der Waals surface area contributed by atoms with Gasteiger partial charge in [0, 0.05) is 0 Å². The molecule has 0 N–H and O–H groups in total. The molecule has 2 nitrogen and oxygen atoms in total. The van der Waals surface area contributed by atoms with Gasteiger partial charge in [0.2, 0.25) is 0 Å². The van der Waals surface area contributed by atoms with E-state index in [9.17, 15) is 4.79 Å². The summed E-state index contributed by atoms with van der Waals surface area (Å²) in [5.74, 6) is 0.234. The summed E-state index contributed by atoms with van der Waals surface area (Å²) in [5, 5.41) is 0. The molecule has 0 heterocycles. The normalized spacial score (nSPS) is 18.1. The Bertz CT molecular complexity index is 151. The van der Waals surface area contributed by atoms with Crippen molar-refractivity contribution in [1.29, 1.82) is 0 Å². The minimum absolute atomic E-state index is 0.0000694. The van der Waals surface area contributed by atoms with E-state index in [0.29, 0.717) is 6.61 Å². The lowest BCUT2D eigenvalue weighted by Crippen LogP contribution is -2.19. The molecule has 0 aromatic rings. The summed E-state index contributed by atoms with van der Waals surface area (Å²) in [6.07, 6.45) is 2.06. The van der Waals surface area contributed by atoms with E-state index in [4.69, 9.17) is 4.74 Å². The van der Waals surface area contributed by atoms with Crippen LogP contribution in [0.25, 0.3) is 0 Å². The smallest absolute Gasteiger partial charge is 0.308 e. The van der Waals surface area contributed by atoms with Gasteiger partial charge in [0.15, 0.2) is 0 Å². The number of hydrogen-bond acceptors (Lipinski definition) is 2.